The molecule has 0 aromatic heterocycles. The van der Waals surface area contributed by atoms with Crippen LogP contribution in [0.15, 0.2) is 11.6 Å². The Balaban J connectivity index is 1.49. The van der Waals surface area contributed by atoms with E-state index in [4.69, 9.17) is 0 Å². The molecule has 0 nitrogen and oxygen atoms in total. The molecule has 0 heteroatoms. The Morgan fingerprint density at radius 1 is 0.964 bits per heavy atom. The summed E-state index contributed by atoms with van der Waals surface area (Å²) in [5.74, 6) is 6.73. The molecule has 0 radical (unpaired) electrons. The second-order valence-electron chi connectivity index (χ2n) is 12.6. The van der Waals surface area contributed by atoms with Crippen LogP contribution in [0.3, 0.4) is 0 Å². The predicted molar refractivity (Wildman–Crippen MR) is 122 cm³/mol. The second kappa shape index (κ2) is 7.77. The highest BCUT2D eigenvalue weighted by molar-refractivity contribution is 5.25. The van der Waals surface area contributed by atoms with Gasteiger partial charge in [-0.3, -0.25) is 0 Å². The number of rotatable bonds is 5. The molecule has 160 valence electrons. The monoisotopic (exact) mass is 384 g/mol. The minimum atomic E-state index is 0.553. The van der Waals surface area contributed by atoms with E-state index in [0.29, 0.717) is 10.8 Å². The van der Waals surface area contributed by atoms with Crippen LogP contribution in [0.5, 0.6) is 0 Å². The van der Waals surface area contributed by atoms with Crippen LogP contribution in [0.1, 0.15) is 112 Å². The van der Waals surface area contributed by atoms with Crippen LogP contribution in [0.2, 0.25) is 0 Å². The van der Waals surface area contributed by atoms with Crippen molar-refractivity contribution in [2.75, 3.05) is 0 Å². The van der Waals surface area contributed by atoms with E-state index in [9.17, 15) is 0 Å². The van der Waals surface area contributed by atoms with Gasteiger partial charge >= 0.3 is 0 Å². The quantitative estimate of drug-likeness (QED) is 0.416. The van der Waals surface area contributed by atoms with Gasteiger partial charge in [0, 0.05) is 0 Å². The van der Waals surface area contributed by atoms with Crippen LogP contribution in [0, 0.1) is 52.3 Å². The molecule has 0 spiro atoms. The topological polar surface area (TPSA) is 0 Å². The van der Waals surface area contributed by atoms with E-state index < -0.39 is 0 Å². The summed E-state index contributed by atoms with van der Waals surface area (Å²) in [4.78, 5) is 0. The molecule has 0 heterocycles. The first-order valence-corrected chi connectivity index (χ1v) is 12.9. The molecule has 0 aromatic carbocycles. The maximum atomic E-state index is 2.75. The Hall–Kier alpha value is -0.260. The van der Waals surface area contributed by atoms with Gasteiger partial charge in [0.1, 0.15) is 0 Å². The van der Waals surface area contributed by atoms with Crippen LogP contribution in [-0.2, 0) is 0 Å². The molecular formula is C28H48. The van der Waals surface area contributed by atoms with Crippen molar-refractivity contribution in [2.45, 2.75) is 112 Å². The fraction of sp³-hybridized carbons (Fsp3) is 0.929. The van der Waals surface area contributed by atoms with E-state index in [1.54, 1.807) is 0 Å². The highest BCUT2D eigenvalue weighted by Crippen LogP contribution is 2.67. The number of fused-ring (bicyclic) bond motifs is 5. The zero-order valence-corrected chi connectivity index (χ0v) is 19.9. The van der Waals surface area contributed by atoms with Crippen LogP contribution in [-0.4, -0.2) is 0 Å². The van der Waals surface area contributed by atoms with E-state index in [0.717, 1.165) is 41.4 Å². The minimum absolute atomic E-state index is 0.553. The number of hydrogen-bond donors (Lipinski definition) is 0. The van der Waals surface area contributed by atoms with Crippen LogP contribution < -0.4 is 0 Å². The van der Waals surface area contributed by atoms with Gasteiger partial charge < -0.3 is 0 Å². The van der Waals surface area contributed by atoms with Gasteiger partial charge in [0.2, 0.25) is 0 Å². The molecular weight excluding hydrogens is 336 g/mol. The lowest BCUT2D eigenvalue weighted by molar-refractivity contribution is -0.0523. The summed E-state index contributed by atoms with van der Waals surface area (Å²) in [6, 6.07) is 0. The summed E-state index contributed by atoms with van der Waals surface area (Å²) < 4.78 is 0. The van der Waals surface area contributed by atoms with Crippen molar-refractivity contribution in [3.63, 3.8) is 0 Å². The summed E-state index contributed by atoms with van der Waals surface area (Å²) in [7, 11) is 0. The molecule has 4 aliphatic rings. The largest absolute Gasteiger partial charge is 0.0845 e. The van der Waals surface area contributed by atoms with Crippen molar-refractivity contribution < 1.29 is 0 Å². The molecule has 4 unspecified atom stereocenters. The molecule has 0 N–H and O–H groups in total. The maximum absolute atomic E-state index is 2.75. The predicted octanol–water partition coefficient (Wildman–Crippen LogP) is 8.66. The van der Waals surface area contributed by atoms with Crippen molar-refractivity contribution in [1.29, 1.82) is 0 Å². The van der Waals surface area contributed by atoms with E-state index in [1.807, 2.05) is 5.57 Å². The Morgan fingerprint density at radius 2 is 1.75 bits per heavy atom. The lowest BCUT2D eigenvalue weighted by atomic mass is 9.46. The molecule has 4 rings (SSSR count). The summed E-state index contributed by atoms with van der Waals surface area (Å²) in [5.41, 5.74) is 3.06. The van der Waals surface area contributed by atoms with Crippen molar-refractivity contribution in [2.24, 2.45) is 52.3 Å². The van der Waals surface area contributed by atoms with Gasteiger partial charge in [-0.15, -0.1) is 0 Å². The molecule has 8 atom stereocenters. The van der Waals surface area contributed by atoms with Crippen LogP contribution >= 0.6 is 0 Å². The van der Waals surface area contributed by atoms with Crippen molar-refractivity contribution in [3.05, 3.63) is 11.6 Å². The van der Waals surface area contributed by atoms with Gasteiger partial charge in [0.05, 0.1) is 0 Å². The minimum Gasteiger partial charge on any atom is -0.0845 e. The molecule has 4 aliphatic carbocycles. The third-order valence-electron chi connectivity index (χ3n) is 10.6. The molecule has 3 fully saturated rings. The zero-order chi connectivity index (χ0) is 20.1. The number of allylic oxidation sites excluding steroid dienone is 2. The fourth-order valence-electron chi connectivity index (χ4n) is 8.87. The van der Waals surface area contributed by atoms with Crippen LogP contribution in [0.25, 0.3) is 0 Å². The smallest absolute Gasteiger partial charge is 0.00851 e. The fourth-order valence-corrected chi connectivity index (χ4v) is 8.87. The van der Waals surface area contributed by atoms with Gasteiger partial charge in [-0.25, -0.2) is 0 Å². The summed E-state index contributed by atoms with van der Waals surface area (Å²) in [5, 5.41) is 0. The van der Waals surface area contributed by atoms with Crippen molar-refractivity contribution in [3.8, 4) is 0 Å². The highest BCUT2D eigenvalue weighted by atomic mass is 14.6. The van der Waals surface area contributed by atoms with Crippen molar-refractivity contribution >= 4 is 0 Å². The first-order valence-electron chi connectivity index (χ1n) is 12.9. The standard InChI is InChI=1S/C28H48/c1-19(2)8-7-9-21(4)24-12-13-25-23-11-10-22-18-20(3)14-16-27(22,5)26(23)15-17-28(24,25)6/h10,19-21,23-26H,7-9,11-18H2,1-6H3/t20-,21?,23?,24+,25?,26?,27-,28+/m0/s1. The van der Waals surface area contributed by atoms with E-state index in [1.165, 1.54) is 70.6 Å². The highest BCUT2D eigenvalue weighted by Gasteiger charge is 2.58. The molecule has 28 heavy (non-hydrogen) atoms. The Morgan fingerprint density at radius 3 is 2.50 bits per heavy atom. The third kappa shape index (κ3) is 3.43. The van der Waals surface area contributed by atoms with Gasteiger partial charge in [0.25, 0.3) is 0 Å². The van der Waals surface area contributed by atoms with Gasteiger partial charge in [0.15, 0.2) is 0 Å². The first-order chi connectivity index (χ1) is 13.3. The molecule has 0 aliphatic heterocycles. The van der Waals surface area contributed by atoms with Crippen molar-refractivity contribution in [1.82, 2.24) is 0 Å². The summed E-state index contributed by atoms with van der Waals surface area (Å²) in [6.07, 6.45) is 19.0. The Kier molecular flexibility index (Phi) is 5.83. The number of hydrogen-bond acceptors (Lipinski definition) is 0. The van der Waals surface area contributed by atoms with E-state index >= 15 is 0 Å². The third-order valence-corrected chi connectivity index (χ3v) is 10.6. The SMILES string of the molecule is CC(C)CCCC(C)[C@H]1CCC2C3CC=C4C[C@@H](C)CC[C@]4(C)C3CC[C@@]21C. The molecule has 0 bridgehead atoms. The molecule has 0 aromatic rings. The first kappa shape index (κ1) is 21.0. The average Bonchev–Trinajstić information content (AvgIpc) is 2.99. The van der Waals surface area contributed by atoms with E-state index in [-0.39, 0.29) is 0 Å². The Labute approximate surface area is 176 Å². The molecule has 0 saturated heterocycles. The van der Waals surface area contributed by atoms with Gasteiger partial charge in [-0.05, 0) is 104 Å². The van der Waals surface area contributed by atoms with Crippen LogP contribution in [0.4, 0.5) is 0 Å². The molecule has 3 saturated carbocycles. The van der Waals surface area contributed by atoms with Gasteiger partial charge in [-0.2, -0.15) is 0 Å². The average molecular weight is 385 g/mol. The Bertz CT molecular complexity index is 585. The molecule has 0 amide bonds. The zero-order valence-electron chi connectivity index (χ0n) is 19.9. The second-order valence-corrected chi connectivity index (χ2v) is 12.6. The normalized spacial score (nSPS) is 46.5. The summed E-state index contributed by atoms with van der Waals surface area (Å²) in [6.45, 7) is 15.3. The lowest BCUT2D eigenvalue weighted by Gasteiger charge is -2.58. The van der Waals surface area contributed by atoms with E-state index in [2.05, 4.69) is 47.6 Å². The lowest BCUT2D eigenvalue weighted by Crippen LogP contribution is -2.50. The maximum Gasteiger partial charge on any atom is -0.00851 e. The summed E-state index contributed by atoms with van der Waals surface area (Å²) >= 11 is 0. The van der Waals surface area contributed by atoms with Gasteiger partial charge in [-0.1, -0.05) is 72.5 Å².